The summed E-state index contributed by atoms with van der Waals surface area (Å²) in [4.78, 5) is 25.1. The molecule has 2 amide bonds. The van der Waals surface area contributed by atoms with E-state index in [1.807, 2.05) is 5.32 Å². The zero-order valence-corrected chi connectivity index (χ0v) is 24.3. The van der Waals surface area contributed by atoms with Crippen LogP contribution in [0, 0.1) is 0 Å². The van der Waals surface area contributed by atoms with Crippen molar-refractivity contribution in [3.63, 3.8) is 0 Å². The fourth-order valence-corrected chi connectivity index (χ4v) is 5.73. The Hall–Kier alpha value is -3.44. The van der Waals surface area contributed by atoms with E-state index in [0.29, 0.717) is 18.7 Å². The third-order valence-corrected chi connectivity index (χ3v) is 8.26. The van der Waals surface area contributed by atoms with E-state index in [1.165, 1.54) is 30.3 Å². The molecule has 2 aromatic rings. The Morgan fingerprint density at radius 1 is 1.07 bits per heavy atom. The standard InChI is InChI=1S/C25H35N5O9S2/c1-3-39-25(34)28-24(33)16-27-41(37,38)20-7-5-19(6-8-20)30-12-10-18(11-13-30)26-15-23(32)17-4-9-22(31)21(14-17)29-40(2,35)36/h4-9,14,18,23,26-27,29,31-32H,3,10-13,15-16H2,1-2H3,(H,28,33,34)/t23-/m1/s1. The Kier molecular flexibility index (Phi) is 10.9. The van der Waals surface area contributed by atoms with Gasteiger partial charge in [-0.1, -0.05) is 6.07 Å². The first kappa shape index (κ1) is 32.1. The van der Waals surface area contributed by atoms with Gasteiger partial charge in [0.15, 0.2) is 0 Å². The number of piperidine rings is 1. The number of nitrogens with zero attached hydrogens (tertiary/aromatic N) is 1. The van der Waals surface area contributed by atoms with E-state index < -0.39 is 44.7 Å². The molecule has 1 aliphatic rings. The van der Waals surface area contributed by atoms with E-state index in [0.717, 1.165) is 24.8 Å². The van der Waals surface area contributed by atoms with Gasteiger partial charge in [-0.05, 0) is 61.7 Å². The van der Waals surface area contributed by atoms with Gasteiger partial charge in [0.1, 0.15) is 5.75 Å². The molecule has 16 heteroatoms. The molecule has 2 aromatic carbocycles. The van der Waals surface area contributed by atoms with Crippen LogP contribution in [0.2, 0.25) is 0 Å². The summed E-state index contributed by atoms with van der Waals surface area (Å²) in [6.45, 7) is 2.63. The van der Waals surface area contributed by atoms with Crippen LogP contribution in [0.25, 0.3) is 0 Å². The maximum Gasteiger partial charge on any atom is 0.413 e. The highest BCUT2D eigenvalue weighted by atomic mass is 32.2. The number of amides is 2. The highest BCUT2D eigenvalue weighted by Gasteiger charge is 2.22. The average Bonchev–Trinajstić information content (AvgIpc) is 2.91. The number of ether oxygens (including phenoxy) is 1. The van der Waals surface area contributed by atoms with Crippen molar-refractivity contribution in [3.8, 4) is 5.75 Å². The van der Waals surface area contributed by atoms with Gasteiger partial charge in [-0.15, -0.1) is 0 Å². The van der Waals surface area contributed by atoms with Crippen molar-refractivity contribution >= 4 is 43.4 Å². The van der Waals surface area contributed by atoms with Gasteiger partial charge in [0.2, 0.25) is 26.0 Å². The lowest BCUT2D eigenvalue weighted by molar-refractivity contribution is -0.119. The molecule has 226 valence electrons. The van der Waals surface area contributed by atoms with Crippen molar-refractivity contribution < 1.29 is 41.4 Å². The summed E-state index contributed by atoms with van der Waals surface area (Å²) < 4.78 is 57.0. The highest BCUT2D eigenvalue weighted by molar-refractivity contribution is 7.92. The first-order valence-corrected chi connectivity index (χ1v) is 16.2. The molecular weight excluding hydrogens is 578 g/mol. The number of nitrogens with one attached hydrogen (secondary N) is 4. The number of phenolic OH excluding ortho intramolecular Hbond substituents is 1. The normalized spacial score (nSPS) is 15.2. The second kappa shape index (κ2) is 14.0. The second-order valence-corrected chi connectivity index (χ2v) is 12.9. The molecule has 0 bridgehead atoms. The van der Waals surface area contributed by atoms with Crippen LogP contribution < -0.4 is 25.0 Å². The number of aromatic hydroxyl groups is 1. The summed E-state index contributed by atoms with van der Waals surface area (Å²) in [5, 5.41) is 25.7. The molecule has 0 spiro atoms. The highest BCUT2D eigenvalue weighted by Crippen LogP contribution is 2.28. The minimum Gasteiger partial charge on any atom is -0.506 e. The largest absolute Gasteiger partial charge is 0.506 e. The number of hydrogen-bond acceptors (Lipinski definition) is 11. The van der Waals surface area contributed by atoms with E-state index in [-0.39, 0.29) is 35.5 Å². The van der Waals surface area contributed by atoms with Gasteiger partial charge >= 0.3 is 6.09 Å². The molecule has 0 radical (unpaired) electrons. The molecule has 14 nitrogen and oxygen atoms in total. The third kappa shape index (κ3) is 9.86. The van der Waals surface area contributed by atoms with E-state index in [4.69, 9.17) is 0 Å². The number of imide groups is 1. The second-order valence-electron chi connectivity index (χ2n) is 9.42. The molecule has 0 aliphatic carbocycles. The number of phenols is 1. The van der Waals surface area contributed by atoms with E-state index in [2.05, 4.69) is 24.4 Å². The maximum absolute atomic E-state index is 12.5. The summed E-state index contributed by atoms with van der Waals surface area (Å²) in [5.74, 6) is -1.09. The zero-order valence-electron chi connectivity index (χ0n) is 22.7. The van der Waals surface area contributed by atoms with E-state index >= 15 is 0 Å². The van der Waals surface area contributed by atoms with Gasteiger partial charge in [-0.25, -0.2) is 26.4 Å². The van der Waals surface area contributed by atoms with Gasteiger partial charge in [0.25, 0.3) is 0 Å². The predicted molar refractivity (Wildman–Crippen MR) is 152 cm³/mol. The molecule has 1 heterocycles. The number of rotatable bonds is 12. The molecule has 41 heavy (non-hydrogen) atoms. The maximum atomic E-state index is 12.5. The monoisotopic (exact) mass is 613 g/mol. The Labute approximate surface area is 239 Å². The van der Waals surface area contributed by atoms with Crippen molar-refractivity contribution in [1.29, 1.82) is 0 Å². The van der Waals surface area contributed by atoms with Crippen LogP contribution in [-0.2, 0) is 29.6 Å². The Morgan fingerprint density at radius 3 is 2.34 bits per heavy atom. The summed E-state index contributed by atoms with van der Waals surface area (Å²) in [7, 11) is -7.57. The minimum absolute atomic E-state index is 0.00791. The number of aliphatic hydroxyl groups excluding tert-OH is 1. The van der Waals surface area contributed by atoms with Gasteiger partial charge in [0.05, 0.1) is 36.1 Å². The Bertz CT molecular complexity index is 1430. The van der Waals surface area contributed by atoms with Crippen LogP contribution in [0.15, 0.2) is 47.4 Å². The molecule has 3 rings (SSSR count). The summed E-state index contributed by atoms with van der Waals surface area (Å²) in [5.41, 5.74) is 1.27. The van der Waals surface area contributed by atoms with Crippen molar-refractivity contribution in [2.75, 3.05) is 48.7 Å². The molecule has 1 saturated heterocycles. The number of anilines is 2. The number of alkyl carbamates (subject to hydrolysis) is 1. The van der Waals surface area contributed by atoms with Crippen LogP contribution in [-0.4, -0.2) is 84.1 Å². The van der Waals surface area contributed by atoms with Crippen molar-refractivity contribution in [1.82, 2.24) is 15.4 Å². The Morgan fingerprint density at radius 2 is 1.73 bits per heavy atom. The minimum atomic E-state index is -3.98. The lowest BCUT2D eigenvalue weighted by Gasteiger charge is -2.34. The quantitative estimate of drug-likeness (QED) is 0.183. The van der Waals surface area contributed by atoms with Gasteiger partial charge < -0.3 is 25.2 Å². The topological polar surface area (TPSA) is 203 Å². The fraction of sp³-hybridized carbons (Fsp3) is 0.440. The average molecular weight is 614 g/mol. The number of aliphatic hydroxyl groups is 1. The van der Waals surface area contributed by atoms with E-state index in [9.17, 15) is 36.6 Å². The van der Waals surface area contributed by atoms with Gasteiger partial charge in [0, 0.05) is 31.4 Å². The van der Waals surface area contributed by atoms with Crippen LogP contribution in [0.3, 0.4) is 0 Å². The molecule has 0 unspecified atom stereocenters. The molecular formula is C25H35N5O9S2. The van der Waals surface area contributed by atoms with Crippen LogP contribution in [0.1, 0.15) is 31.4 Å². The first-order valence-electron chi connectivity index (χ1n) is 12.8. The van der Waals surface area contributed by atoms with Crippen LogP contribution >= 0.6 is 0 Å². The summed E-state index contributed by atoms with van der Waals surface area (Å²) in [6, 6.07) is 10.6. The number of sulfonamides is 2. The SMILES string of the molecule is CCOC(=O)NC(=O)CNS(=O)(=O)c1ccc(N2CCC(NC[C@@H](O)c3ccc(O)c(NS(C)(=O)=O)c3)CC2)cc1. The molecule has 1 aliphatic heterocycles. The number of hydrogen-bond donors (Lipinski definition) is 6. The van der Waals surface area contributed by atoms with Gasteiger partial charge in [-0.3, -0.25) is 14.8 Å². The van der Waals surface area contributed by atoms with Crippen molar-refractivity contribution in [3.05, 3.63) is 48.0 Å². The summed E-state index contributed by atoms with van der Waals surface area (Å²) >= 11 is 0. The molecule has 0 aromatic heterocycles. The molecule has 1 fully saturated rings. The lowest BCUT2D eigenvalue weighted by Crippen LogP contribution is -2.43. The summed E-state index contributed by atoms with van der Waals surface area (Å²) in [6.07, 6.45) is 0.622. The predicted octanol–water partition coefficient (Wildman–Crippen LogP) is 0.607. The van der Waals surface area contributed by atoms with Crippen molar-refractivity contribution in [2.45, 2.75) is 36.8 Å². The molecule has 1 atom stereocenters. The van der Waals surface area contributed by atoms with Crippen LogP contribution in [0.5, 0.6) is 5.75 Å². The Balaban J connectivity index is 1.47. The van der Waals surface area contributed by atoms with Crippen LogP contribution in [0.4, 0.5) is 16.2 Å². The lowest BCUT2D eigenvalue weighted by atomic mass is 10.0. The number of benzene rings is 2. The smallest absolute Gasteiger partial charge is 0.413 e. The van der Waals surface area contributed by atoms with Gasteiger partial charge in [-0.2, -0.15) is 0 Å². The first-order chi connectivity index (χ1) is 19.3. The third-order valence-electron chi connectivity index (χ3n) is 6.25. The van der Waals surface area contributed by atoms with Crippen molar-refractivity contribution in [2.24, 2.45) is 0 Å². The van der Waals surface area contributed by atoms with E-state index in [1.54, 1.807) is 19.1 Å². The molecule has 0 saturated carbocycles. The molecule has 6 N–H and O–H groups in total. The number of carbonyl (C=O) groups excluding carboxylic acids is 2. The fourth-order valence-electron chi connectivity index (χ4n) is 4.19. The number of carbonyl (C=O) groups is 2. The zero-order chi connectivity index (χ0) is 30.2.